The molecule has 2 aliphatic rings. The van der Waals surface area contributed by atoms with Gasteiger partial charge in [0.1, 0.15) is 0 Å². The Kier molecular flexibility index (Phi) is 9.12. The van der Waals surface area contributed by atoms with Crippen molar-refractivity contribution in [1.29, 1.82) is 0 Å². The van der Waals surface area contributed by atoms with E-state index >= 15 is 0 Å². The van der Waals surface area contributed by atoms with E-state index in [9.17, 15) is 0 Å². The molecule has 0 fully saturated rings. The van der Waals surface area contributed by atoms with Gasteiger partial charge in [0.05, 0.1) is 0 Å². The molecule has 0 bridgehead atoms. The highest BCUT2D eigenvalue weighted by atomic mass is 16.0. The zero-order chi connectivity index (χ0) is 8.49. The summed E-state index contributed by atoms with van der Waals surface area (Å²) < 4.78 is 0. The van der Waals surface area contributed by atoms with Crippen molar-refractivity contribution < 1.29 is 5.48 Å². The summed E-state index contributed by atoms with van der Waals surface area (Å²) in [6.45, 7) is 0. The normalized spacial score (nSPS) is 19.7. The molecule has 2 aliphatic carbocycles. The van der Waals surface area contributed by atoms with E-state index in [1.165, 1.54) is 51.4 Å². The summed E-state index contributed by atoms with van der Waals surface area (Å²) in [5, 5.41) is 0. The molecule has 0 saturated carbocycles. The van der Waals surface area contributed by atoms with Crippen LogP contribution in [0.25, 0.3) is 0 Å². The largest absolute Gasteiger partial charge is 0.412 e. The summed E-state index contributed by atoms with van der Waals surface area (Å²) in [6, 6.07) is 0. The minimum absolute atomic E-state index is 0. The van der Waals surface area contributed by atoms with E-state index in [0.29, 0.717) is 0 Å². The van der Waals surface area contributed by atoms with E-state index < -0.39 is 0 Å². The Bertz CT molecular complexity index is 113. The van der Waals surface area contributed by atoms with Crippen LogP contribution in [0.3, 0.4) is 0 Å². The minimum Gasteiger partial charge on any atom is -0.412 e. The van der Waals surface area contributed by atoms with E-state index in [4.69, 9.17) is 0 Å². The van der Waals surface area contributed by atoms with Crippen LogP contribution < -0.4 is 0 Å². The lowest BCUT2D eigenvalue weighted by atomic mass is 10.1. The van der Waals surface area contributed by atoms with Crippen LogP contribution in [0.4, 0.5) is 0 Å². The predicted octanol–water partition coefficient (Wildman–Crippen LogP) is 3.41. The fraction of sp³-hybridized carbons (Fsp3) is 0.667. The minimum atomic E-state index is 0. The van der Waals surface area contributed by atoms with E-state index in [1.807, 2.05) is 0 Å². The van der Waals surface area contributed by atoms with E-state index in [-0.39, 0.29) is 5.48 Å². The van der Waals surface area contributed by atoms with Gasteiger partial charge in [-0.2, -0.15) is 0 Å². The topological polar surface area (TPSA) is 31.5 Å². The number of hydrogen-bond acceptors (Lipinski definition) is 0. The van der Waals surface area contributed by atoms with Crippen molar-refractivity contribution in [2.24, 2.45) is 0 Å². The van der Waals surface area contributed by atoms with Gasteiger partial charge in [-0.3, -0.25) is 0 Å². The predicted molar refractivity (Wildman–Crippen MR) is 58.8 cm³/mol. The highest BCUT2D eigenvalue weighted by Gasteiger charge is 1.87. The number of hydrogen-bond donors (Lipinski definition) is 0. The third-order valence-electron chi connectivity index (χ3n) is 2.32. The Labute approximate surface area is 81.8 Å². The highest BCUT2D eigenvalue weighted by molar-refractivity contribution is 4.85. The molecule has 2 N–H and O–H groups in total. The van der Waals surface area contributed by atoms with Crippen molar-refractivity contribution in [2.45, 2.75) is 51.4 Å². The molecule has 0 aromatic rings. The van der Waals surface area contributed by atoms with Gasteiger partial charge < -0.3 is 5.48 Å². The first-order valence-corrected chi connectivity index (χ1v) is 5.30. The quantitative estimate of drug-likeness (QED) is 0.514. The van der Waals surface area contributed by atoms with Gasteiger partial charge in [-0.25, -0.2) is 0 Å². The SMILES string of the molecule is C1=CCCCC1.C1=CCCCC1.O. The van der Waals surface area contributed by atoms with Crippen molar-refractivity contribution in [2.75, 3.05) is 0 Å². The lowest BCUT2D eigenvalue weighted by molar-refractivity contribution is 0.730. The van der Waals surface area contributed by atoms with Crippen molar-refractivity contribution in [3.8, 4) is 0 Å². The second kappa shape index (κ2) is 9.53. The van der Waals surface area contributed by atoms with Crippen LogP contribution in [0, 0.1) is 0 Å². The number of rotatable bonds is 0. The Hall–Kier alpha value is -0.560. The van der Waals surface area contributed by atoms with Gasteiger partial charge in [-0.1, -0.05) is 24.3 Å². The smallest absolute Gasteiger partial charge is 0.0351 e. The number of allylic oxidation sites excluding steroid dienone is 4. The van der Waals surface area contributed by atoms with Crippen molar-refractivity contribution in [1.82, 2.24) is 0 Å². The molecule has 0 radical (unpaired) electrons. The Morgan fingerprint density at radius 2 is 0.692 bits per heavy atom. The molecule has 0 atom stereocenters. The van der Waals surface area contributed by atoms with Gasteiger partial charge in [-0.15, -0.1) is 0 Å². The molecule has 76 valence electrons. The monoisotopic (exact) mass is 182 g/mol. The molecule has 13 heavy (non-hydrogen) atoms. The van der Waals surface area contributed by atoms with Crippen LogP contribution >= 0.6 is 0 Å². The molecule has 2 rings (SSSR count). The molecule has 0 heterocycles. The van der Waals surface area contributed by atoms with Crippen LogP contribution in [-0.2, 0) is 0 Å². The van der Waals surface area contributed by atoms with E-state index in [2.05, 4.69) is 24.3 Å². The lowest BCUT2D eigenvalue weighted by Crippen LogP contribution is -1.77. The maximum Gasteiger partial charge on any atom is -0.0351 e. The molecule has 0 unspecified atom stereocenters. The Morgan fingerprint density at radius 1 is 0.462 bits per heavy atom. The average Bonchev–Trinajstić information content (AvgIpc) is 2.24. The van der Waals surface area contributed by atoms with Gasteiger partial charge in [0, 0.05) is 0 Å². The van der Waals surface area contributed by atoms with Crippen molar-refractivity contribution >= 4 is 0 Å². The van der Waals surface area contributed by atoms with Crippen LogP contribution in [0.2, 0.25) is 0 Å². The molecular formula is C12H22O. The van der Waals surface area contributed by atoms with Gasteiger partial charge in [0.2, 0.25) is 0 Å². The van der Waals surface area contributed by atoms with Gasteiger partial charge >= 0.3 is 0 Å². The molecule has 1 heteroatoms. The second-order valence-corrected chi connectivity index (χ2v) is 3.51. The molecule has 0 aliphatic heterocycles. The second-order valence-electron chi connectivity index (χ2n) is 3.51. The van der Waals surface area contributed by atoms with Crippen LogP contribution in [-0.4, -0.2) is 5.48 Å². The Balaban J connectivity index is 0.000000206. The average molecular weight is 182 g/mol. The summed E-state index contributed by atoms with van der Waals surface area (Å²) >= 11 is 0. The summed E-state index contributed by atoms with van der Waals surface area (Å²) in [5.41, 5.74) is 0. The molecule has 1 nitrogen and oxygen atoms in total. The summed E-state index contributed by atoms with van der Waals surface area (Å²) in [7, 11) is 0. The van der Waals surface area contributed by atoms with Crippen LogP contribution in [0.15, 0.2) is 24.3 Å². The zero-order valence-corrected chi connectivity index (χ0v) is 8.47. The van der Waals surface area contributed by atoms with Gasteiger partial charge in [0.25, 0.3) is 0 Å². The first kappa shape index (κ1) is 12.4. The van der Waals surface area contributed by atoms with Crippen molar-refractivity contribution in [3.63, 3.8) is 0 Å². The molecule has 0 aromatic heterocycles. The fourth-order valence-corrected chi connectivity index (χ4v) is 1.52. The van der Waals surface area contributed by atoms with Gasteiger partial charge in [0.15, 0.2) is 0 Å². The highest BCUT2D eigenvalue weighted by Crippen LogP contribution is 2.07. The molecule has 0 aromatic carbocycles. The standard InChI is InChI=1S/2C6H10.H2O/c2*1-2-4-6-5-3-1;/h2*1-2H,3-6H2;1H2. The zero-order valence-electron chi connectivity index (χ0n) is 8.47. The maximum atomic E-state index is 2.27. The summed E-state index contributed by atoms with van der Waals surface area (Å²) in [5.74, 6) is 0. The van der Waals surface area contributed by atoms with E-state index in [1.54, 1.807) is 0 Å². The fourth-order valence-electron chi connectivity index (χ4n) is 1.52. The first-order valence-electron chi connectivity index (χ1n) is 5.30. The Morgan fingerprint density at radius 3 is 0.769 bits per heavy atom. The molecule has 0 saturated heterocycles. The molecule has 0 amide bonds. The van der Waals surface area contributed by atoms with Crippen LogP contribution in [0.1, 0.15) is 51.4 Å². The third kappa shape index (κ3) is 7.79. The lowest BCUT2D eigenvalue weighted by Gasteiger charge is -1.97. The summed E-state index contributed by atoms with van der Waals surface area (Å²) in [6.07, 6.45) is 20.0. The van der Waals surface area contributed by atoms with Crippen LogP contribution in [0.5, 0.6) is 0 Å². The summed E-state index contributed by atoms with van der Waals surface area (Å²) in [4.78, 5) is 0. The maximum absolute atomic E-state index is 2.27. The molecular weight excluding hydrogens is 160 g/mol. The third-order valence-corrected chi connectivity index (χ3v) is 2.32. The van der Waals surface area contributed by atoms with Gasteiger partial charge in [-0.05, 0) is 51.4 Å². The molecule has 0 spiro atoms. The first-order chi connectivity index (χ1) is 6.00. The van der Waals surface area contributed by atoms with E-state index in [0.717, 1.165) is 0 Å². The van der Waals surface area contributed by atoms with Crippen molar-refractivity contribution in [3.05, 3.63) is 24.3 Å².